The first-order valence-electron chi connectivity index (χ1n) is 5.95. The molecule has 17 heavy (non-hydrogen) atoms. The van der Waals surface area contributed by atoms with Gasteiger partial charge in [-0.1, -0.05) is 20.8 Å². The number of nitrogens with zero attached hydrogens (tertiary/aromatic N) is 2. The number of carbonyl (C=O) groups is 1. The van der Waals surface area contributed by atoms with Crippen LogP contribution in [0.1, 0.15) is 35.5 Å². The van der Waals surface area contributed by atoms with Gasteiger partial charge in [0.1, 0.15) is 4.88 Å². The van der Waals surface area contributed by atoms with Gasteiger partial charge in [0.05, 0.1) is 11.2 Å². The van der Waals surface area contributed by atoms with Crippen molar-refractivity contribution in [3.05, 3.63) is 16.1 Å². The summed E-state index contributed by atoms with van der Waals surface area (Å²) in [5, 5.41) is 4.27. The van der Waals surface area contributed by atoms with E-state index in [0.29, 0.717) is 0 Å². The molecule has 0 aliphatic carbocycles. The Morgan fingerprint density at radius 1 is 1.41 bits per heavy atom. The Bertz CT molecular complexity index is 402. The molecule has 94 valence electrons. The van der Waals surface area contributed by atoms with Gasteiger partial charge in [0, 0.05) is 31.6 Å². The summed E-state index contributed by atoms with van der Waals surface area (Å²) in [7, 11) is 0. The van der Waals surface area contributed by atoms with Crippen molar-refractivity contribution >= 4 is 17.2 Å². The molecule has 1 aromatic heterocycles. The van der Waals surface area contributed by atoms with Gasteiger partial charge < -0.3 is 10.2 Å². The lowest BCUT2D eigenvalue weighted by Crippen LogP contribution is -2.46. The third-order valence-corrected chi connectivity index (χ3v) is 4.17. The molecule has 0 unspecified atom stereocenters. The van der Waals surface area contributed by atoms with E-state index in [1.807, 2.05) is 4.90 Å². The molecule has 4 nitrogen and oxygen atoms in total. The van der Waals surface area contributed by atoms with E-state index >= 15 is 0 Å². The first-order valence-corrected chi connectivity index (χ1v) is 6.76. The zero-order valence-corrected chi connectivity index (χ0v) is 11.4. The van der Waals surface area contributed by atoms with Crippen LogP contribution in [-0.2, 0) is 5.41 Å². The maximum absolute atomic E-state index is 12.2. The van der Waals surface area contributed by atoms with E-state index in [2.05, 4.69) is 31.1 Å². The van der Waals surface area contributed by atoms with Crippen molar-refractivity contribution in [1.82, 2.24) is 15.2 Å². The van der Waals surface area contributed by atoms with Gasteiger partial charge >= 0.3 is 0 Å². The normalized spacial score (nSPS) is 17.2. The van der Waals surface area contributed by atoms with E-state index in [0.717, 1.165) is 36.1 Å². The van der Waals surface area contributed by atoms with Gasteiger partial charge in [-0.25, -0.2) is 4.98 Å². The SMILES string of the molecule is CC(C)(C)c1ncc(C(=O)N2CCNCC2)s1. The second-order valence-electron chi connectivity index (χ2n) is 5.32. The number of hydrogen-bond donors (Lipinski definition) is 1. The highest BCUT2D eigenvalue weighted by molar-refractivity contribution is 7.13. The van der Waals surface area contributed by atoms with Crippen LogP contribution in [-0.4, -0.2) is 42.0 Å². The zero-order chi connectivity index (χ0) is 12.5. The van der Waals surface area contributed by atoms with E-state index in [4.69, 9.17) is 0 Å². The topological polar surface area (TPSA) is 45.2 Å². The van der Waals surface area contributed by atoms with Crippen molar-refractivity contribution in [3.63, 3.8) is 0 Å². The molecule has 5 heteroatoms. The summed E-state index contributed by atoms with van der Waals surface area (Å²) >= 11 is 1.52. The van der Waals surface area contributed by atoms with Crippen LogP contribution in [0.4, 0.5) is 0 Å². The van der Waals surface area contributed by atoms with Crippen LogP contribution in [0.25, 0.3) is 0 Å². The standard InChI is InChI=1S/C12H19N3OS/c1-12(2,3)11-14-8-9(17-11)10(16)15-6-4-13-5-7-15/h8,13H,4-7H2,1-3H3. The third kappa shape index (κ3) is 2.84. The van der Waals surface area contributed by atoms with Gasteiger partial charge in [-0.2, -0.15) is 0 Å². The minimum absolute atomic E-state index is 0.0205. The van der Waals surface area contributed by atoms with Crippen LogP contribution in [0.3, 0.4) is 0 Å². The van der Waals surface area contributed by atoms with Gasteiger partial charge in [-0.15, -0.1) is 11.3 Å². The lowest BCUT2D eigenvalue weighted by molar-refractivity contribution is 0.0740. The molecule has 1 aliphatic rings. The number of nitrogens with one attached hydrogen (secondary N) is 1. The number of thiazole rings is 1. The summed E-state index contributed by atoms with van der Waals surface area (Å²) in [5.41, 5.74) is 0.0205. The van der Waals surface area contributed by atoms with Gasteiger partial charge in [-0.05, 0) is 0 Å². The van der Waals surface area contributed by atoms with E-state index in [1.165, 1.54) is 11.3 Å². The first kappa shape index (κ1) is 12.5. The summed E-state index contributed by atoms with van der Waals surface area (Å²) in [6.45, 7) is 9.71. The summed E-state index contributed by atoms with van der Waals surface area (Å²) in [6, 6.07) is 0. The van der Waals surface area contributed by atoms with Gasteiger partial charge in [0.25, 0.3) is 5.91 Å². The molecule has 1 aliphatic heterocycles. The highest BCUT2D eigenvalue weighted by Crippen LogP contribution is 2.27. The fourth-order valence-electron chi connectivity index (χ4n) is 1.74. The molecule has 0 aromatic carbocycles. The number of carbonyl (C=O) groups excluding carboxylic acids is 1. The Hall–Kier alpha value is -0.940. The number of rotatable bonds is 1. The van der Waals surface area contributed by atoms with Gasteiger partial charge in [-0.3, -0.25) is 4.79 Å². The predicted molar refractivity (Wildman–Crippen MR) is 69.6 cm³/mol. The van der Waals surface area contributed by atoms with E-state index < -0.39 is 0 Å². The van der Waals surface area contributed by atoms with Crippen molar-refractivity contribution < 1.29 is 4.79 Å². The molecule has 2 heterocycles. The lowest BCUT2D eigenvalue weighted by Gasteiger charge is -2.26. The summed E-state index contributed by atoms with van der Waals surface area (Å²) in [6.07, 6.45) is 1.72. The Morgan fingerprint density at radius 2 is 2.06 bits per heavy atom. The molecule has 1 saturated heterocycles. The quantitative estimate of drug-likeness (QED) is 0.824. The Kier molecular flexibility index (Phi) is 3.49. The van der Waals surface area contributed by atoms with Crippen molar-refractivity contribution in [1.29, 1.82) is 0 Å². The van der Waals surface area contributed by atoms with Crippen LogP contribution in [0, 0.1) is 0 Å². The smallest absolute Gasteiger partial charge is 0.265 e. The molecule has 1 aromatic rings. The zero-order valence-electron chi connectivity index (χ0n) is 10.6. The lowest BCUT2D eigenvalue weighted by atomic mass is 9.98. The van der Waals surface area contributed by atoms with Crippen LogP contribution in [0.5, 0.6) is 0 Å². The van der Waals surface area contributed by atoms with E-state index in [9.17, 15) is 4.79 Å². The number of hydrogen-bond acceptors (Lipinski definition) is 4. The van der Waals surface area contributed by atoms with Crippen LogP contribution < -0.4 is 5.32 Å². The highest BCUT2D eigenvalue weighted by atomic mass is 32.1. The number of amides is 1. The molecule has 0 atom stereocenters. The van der Waals surface area contributed by atoms with E-state index in [-0.39, 0.29) is 11.3 Å². The minimum Gasteiger partial charge on any atom is -0.335 e. The molecule has 0 radical (unpaired) electrons. The molecular weight excluding hydrogens is 234 g/mol. The second-order valence-corrected chi connectivity index (χ2v) is 6.35. The van der Waals surface area contributed by atoms with Crippen LogP contribution >= 0.6 is 11.3 Å². The fourth-order valence-corrected chi connectivity index (χ4v) is 2.69. The molecule has 0 bridgehead atoms. The largest absolute Gasteiger partial charge is 0.335 e. The molecule has 0 saturated carbocycles. The monoisotopic (exact) mass is 253 g/mol. The van der Waals surface area contributed by atoms with Gasteiger partial charge in [0.15, 0.2) is 0 Å². The summed E-state index contributed by atoms with van der Waals surface area (Å²) < 4.78 is 0. The average Bonchev–Trinajstić information content (AvgIpc) is 2.78. The molecule has 1 fully saturated rings. The average molecular weight is 253 g/mol. The van der Waals surface area contributed by atoms with Crippen molar-refractivity contribution in [3.8, 4) is 0 Å². The molecular formula is C12H19N3OS. The molecule has 1 amide bonds. The predicted octanol–water partition coefficient (Wildman–Crippen LogP) is 1.49. The molecule has 0 spiro atoms. The first-order chi connectivity index (χ1) is 7.98. The van der Waals surface area contributed by atoms with Crippen LogP contribution in [0.15, 0.2) is 6.20 Å². The van der Waals surface area contributed by atoms with Crippen molar-refractivity contribution in [2.24, 2.45) is 0 Å². The Morgan fingerprint density at radius 3 is 2.59 bits per heavy atom. The second kappa shape index (κ2) is 4.74. The van der Waals surface area contributed by atoms with Crippen molar-refractivity contribution in [2.75, 3.05) is 26.2 Å². The highest BCUT2D eigenvalue weighted by Gasteiger charge is 2.23. The third-order valence-electron chi connectivity index (χ3n) is 2.76. The van der Waals surface area contributed by atoms with E-state index in [1.54, 1.807) is 6.20 Å². The Labute approximate surface area is 106 Å². The van der Waals surface area contributed by atoms with Crippen molar-refractivity contribution in [2.45, 2.75) is 26.2 Å². The molecule has 1 N–H and O–H groups in total. The fraction of sp³-hybridized carbons (Fsp3) is 0.667. The number of piperazine rings is 1. The minimum atomic E-state index is 0.0205. The maximum atomic E-state index is 12.2. The van der Waals surface area contributed by atoms with Gasteiger partial charge in [0.2, 0.25) is 0 Å². The summed E-state index contributed by atoms with van der Waals surface area (Å²) in [4.78, 5) is 19.2. The number of aromatic nitrogens is 1. The Balaban J connectivity index is 2.11. The molecule has 2 rings (SSSR count). The van der Waals surface area contributed by atoms with Crippen LogP contribution in [0.2, 0.25) is 0 Å². The maximum Gasteiger partial charge on any atom is 0.265 e. The summed E-state index contributed by atoms with van der Waals surface area (Å²) in [5.74, 6) is 0.125.